The molecule has 0 unspecified atom stereocenters. The summed E-state index contributed by atoms with van der Waals surface area (Å²) in [4.78, 5) is 27.9. The third kappa shape index (κ3) is 5.07. The number of aliphatic carboxylic acids is 1. The van der Waals surface area contributed by atoms with Crippen molar-refractivity contribution in [2.75, 3.05) is 6.61 Å². The monoisotopic (exact) mass is 455 g/mol. The van der Waals surface area contributed by atoms with E-state index in [0.29, 0.717) is 35.4 Å². The first-order chi connectivity index (χ1) is 15.5. The number of aromatic nitrogens is 1. The number of ether oxygens (including phenoxy) is 2. The van der Waals surface area contributed by atoms with Crippen LogP contribution < -0.4 is 5.43 Å². The Hall–Kier alpha value is -3.00. The SMILES string of the molecule is O=C(O)CCC=CC[C@@H]1CO[C@H](c2coc3ccc(Cl)cc3c2=O)O[C@@H]1c1cccnc1. The van der Waals surface area contributed by atoms with Crippen molar-refractivity contribution in [3.05, 3.63) is 87.5 Å². The van der Waals surface area contributed by atoms with E-state index in [-0.39, 0.29) is 29.4 Å². The smallest absolute Gasteiger partial charge is 0.303 e. The predicted octanol–water partition coefficient (Wildman–Crippen LogP) is 5.06. The molecule has 0 aliphatic carbocycles. The van der Waals surface area contributed by atoms with Gasteiger partial charge < -0.3 is 19.0 Å². The van der Waals surface area contributed by atoms with Gasteiger partial charge in [-0.1, -0.05) is 29.8 Å². The molecule has 0 bridgehead atoms. The first-order valence-electron chi connectivity index (χ1n) is 10.3. The quantitative estimate of drug-likeness (QED) is 0.497. The first kappa shape index (κ1) is 22.2. The molecule has 0 radical (unpaired) electrons. The molecule has 1 saturated heterocycles. The molecule has 7 nitrogen and oxygen atoms in total. The van der Waals surface area contributed by atoms with Crippen molar-refractivity contribution in [2.24, 2.45) is 5.92 Å². The Morgan fingerprint density at radius 2 is 2.16 bits per heavy atom. The Balaban J connectivity index is 1.57. The number of rotatable bonds is 7. The van der Waals surface area contributed by atoms with Gasteiger partial charge >= 0.3 is 5.97 Å². The molecule has 4 rings (SSSR count). The molecular formula is C24H22ClNO6. The molecule has 1 aromatic carbocycles. The van der Waals surface area contributed by atoms with Gasteiger partial charge in [0.1, 0.15) is 11.8 Å². The molecule has 1 N–H and O–H groups in total. The molecule has 3 heterocycles. The molecule has 1 fully saturated rings. The topological polar surface area (TPSA) is 98.9 Å². The number of allylic oxidation sites excluding steroid dienone is 2. The second-order valence-corrected chi connectivity index (χ2v) is 8.00. The summed E-state index contributed by atoms with van der Waals surface area (Å²) in [5.74, 6) is -0.857. The predicted molar refractivity (Wildman–Crippen MR) is 118 cm³/mol. The van der Waals surface area contributed by atoms with Crippen LogP contribution in [-0.2, 0) is 14.3 Å². The maximum absolute atomic E-state index is 13.1. The Labute approximate surface area is 189 Å². The van der Waals surface area contributed by atoms with E-state index in [1.165, 1.54) is 6.26 Å². The molecule has 8 heteroatoms. The molecule has 0 saturated carbocycles. The molecule has 32 heavy (non-hydrogen) atoms. The minimum absolute atomic E-state index is 0.0292. The van der Waals surface area contributed by atoms with Crippen LogP contribution in [0.1, 0.15) is 42.8 Å². The van der Waals surface area contributed by atoms with E-state index in [2.05, 4.69) is 4.98 Å². The second kappa shape index (κ2) is 10.1. The van der Waals surface area contributed by atoms with E-state index in [4.69, 9.17) is 30.6 Å². The highest BCUT2D eigenvalue weighted by atomic mass is 35.5. The highest BCUT2D eigenvalue weighted by Crippen LogP contribution is 2.39. The highest BCUT2D eigenvalue weighted by molar-refractivity contribution is 6.31. The molecule has 0 amide bonds. The maximum atomic E-state index is 13.1. The van der Waals surface area contributed by atoms with E-state index >= 15 is 0 Å². The van der Waals surface area contributed by atoms with Crippen LogP contribution in [0.2, 0.25) is 5.02 Å². The number of nitrogens with zero attached hydrogens (tertiary/aromatic N) is 1. The second-order valence-electron chi connectivity index (χ2n) is 7.57. The number of carboxylic acids is 1. The van der Waals surface area contributed by atoms with E-state index < -0.39 is 12.3 Å². The van der Waals surface area contributed by atoms with E-state index in [1.54, 1.807) is 30.6 Å². The lowest BCUT2D eigenvalue weighted by atomic mass is 9.92. The van der Waals surface area contributed by atoms with Crippen LogP contribution in [-0.4, -0.2) is 22.7 Å². The minimum atomic E-state index is -0.896. The van der Waals surface area contributed by atoms with Gasteiger partial charge in [-0.25, -0.2) is 0 Å². The molecule has 3 atom stereocenters. The van der Waals surface area contributed by atoms with Crippen molar-refractivity contribution in [3.63, 3.8) is 0 Å². The Morgan fingerprint density at radius 3 is 2.94 bits per heavy atom. The van der Waals surface area contributed by atoms with Gasteiger partial charge in [0, 0.05) is 29.8 Å². The summed E-state index contributed by atoms with van der Waals surface area (Å²) in [6.45, 7) is 0.348. The first-order valence-corrected chi connectivity index (χ1v) is 10.7. The maximum Gasteiger partial charge on any atom is 0.303 e. The Bertz CT molecular complexity index is 1180. The number of carboxylic acid groups (broad SMARTS) is 1. The van der Waals surface area contributed by atoms with Gasteiger partial charge in [0.2, 0.25) is 5.43 Å². The van der Waals surface area contributed by atoms with Gasteiger partial charge in [0.05, 0.1) is 23.7 Å². The number of halogens is 1. The largest absolute Gasteiger partial charge is 0.481 e. The molecule has 2 aromatic heterocycles. The zero-order valence-corrected chi connectivity index (χ0v) is 17.9. The van der Waals surface area contributed by atoms with Crippen molar-refractivity contribution < 1.29 is 23.8 Å². The lowest BCUT2D eigenvalue weighted by Gasteiger charge is -2.36. The van der Waals surface area contributed by atoms with Crippen LogP contribution in [0.4, 0.5) is 0 Å². The third-order valence-corrected chi connectivity index (χ3v) is 5.55. The normalized spacial score (nSPS) is 21.2. The van der Waals surface area contributed by atoms with E-state index in [1.807, 2.05) is 24.3 Å². The summed E-state index contributed by atoms with van der Waals surface area (Å²) in [5, 5.41) is 9.58. The molecule has 1 aliphatic rings. The fourth-order valence-corrected chi connectivity index (χ4v) is 3.88. The standard InChI is InChI=1S/C24H22ClNO6/c25-17-8-9-20-18(11-17)22(29)19(14-30-20)24-31-13-16(5-2-1-3-7-21(27)28)23(32-24)15-6-4-10-26-12-15/h1-2,4,6,8-12,14,16,23-24H,3,5,7,13H2,(H,27,28)/t16-,23-,24+/m1/s1. The van der Waals surface area contributed by atoms with Crippen LogP contribution in [0.25, 0.3) is 11.0 Å². The van der Waals surface area contributed by atoms with Gasteiger partial charge in [-0.15, -0.1) is 0 Å². The molecule has 3 aromatic rings. The molecule has 166 valence electrons. The average Bonchev–Trinajstić information content (AvgIpc) is 2.80. The van der Waals surface area contributed by atoms with Crippen LogP contribution in [0.3, 0.4) is 0 Å². The van der Waals surface area contributed by atoms with Crippen LogP contribution >= 0.6 is 11.6 Å². The van der Waals surface area contributed by atoms with Crippen molar-refractivity contribution in [2.45, 2.75) is 31.7 Å². The molecule has 0 spiro atoms. The van der Waals surface area contributed by atoms with Gasteiger partial charge in [-0.05, 0) is 42.7 Å². The summed E-state index contributed by atoms with van der Waals surface area (Å²) in [6, 6.07) is 8.63. The van der Waals surface area contributed by atoms with Crippen molar-refractivity contribution >= 4 is 28.5 Å². The fraction of sp³-hybridized carbons (Fsp3) is 0.292. The summed E-state index contributed by atoms with van der Waals surface area (Å²) >= 11 is 6.05. The number of benzene rings is 1. The highest BCUT2D eigenvalue weighted by Gasteiger charge is 2.35. The number of pyridine rings is 1. The third-order valence-electron chi connectivity index (χ3n) is 5.32. The zero-order valence-electron chi connectivity index (χ0n) is 17.1. The molecular weight excluding hydrogens is 434 g/mol. The average molecular weight is 456 g/mol. The van der Waals surface area contributed by atoms with Gasteiger partial charge in [-0.3, -0.25) is 14.6 Å². The lowest BCUT2D eigenvalue weighted by molar-refractivity contribution is -0.244. The molecule has 1 aliphatic heterocycles. The van der Waals surface area contributed by atoms with Crippen LogP contribution in [0.5, 0.6) is 0 Å². The van der Waals surface area contributed by atoms with Crippen molar-refractivity contribution in [1.82, 2.24) is 4.98 Å². The number of hydrogen-bond donors (Lipinski definition) is 1. The number of carbonyl (C=O) groups is 1. The van der Waals surface area contributed by atoms with E-state index in [9.17, 15) is 9.59 Å². The summed E-state index contributed by atoms with van der Waals surface area (Å²) in [7, 11) is 0. The van der Waals surface area contributed by atoms with E-state index in [0.717, 1.165) is 5.56 Å². The van der Waals surface area contributed by atoms with Gasteiger partial charge in [0.15, 0.2) is 6.29 Å². The van der Waals surface area contributed by atoms with Crippen molar-refractivity contribution in [1.29, 1.82) is 0 Å². The van der Waals surface area contributed by atoms with Gasteiger partial charge in [0.25, 0.3) is 0 Å². The Kier molecular flexibility index (Phi) is 6.99. The summed E-state index contributed by atoms with van der Waals surface area (Å²) in [6.07, 6.45) is 8.50. The fourth-order valence-electron chi connectivity index (χ4n) is 3.71. The number of fused-ring (bicyclic) bond motifs is 1. The minimum Gasteiger partial charge on any atom is -0.481 e. The summed E-state index contributed by atoms with van der Waals surface area (Å²) in [5.41, 5.74) is 1.32. The zero-order chi connectivity index (χ0) is 22.5. The van der Waals surface area contributed by atoms with Crippen LogP contribution in [0, 0.1) is 5.92 Å². The lowest BCUT2D eigenvalue weighted by Crippen LogP contribution is -2.32. The Morgan fingerprint density at radius 1 is 1.28 bits per heavy atom. The van der Waals surface area contributed by atoms with Gasteiger partial charge in [-0.2, -0.15) is 0 Å². The van der Waals surface area contributed by atoms with Crippen molar-refractivity contribution in [3.8, 4) is 0 Å². The van der Waals surface area contributed by atoms with Crippen LogP contribution in [0.15, 0.2) is 70.4 Å². The number of hydrogen-bond acceptors (Lipinski definition) is 6. The summed E-state index contributed by atoms with van der Waals surface area (Å²) < 4.78 is 17.8.